The van der Waals surface area contributed by atoms with Crippen LogP contribution in [0.1, 0.15) is 35.6 Å². The average Bonchev–Trinajstić information content (AvgIpc) is 2.93. The van der Waals surface area contributed by atoms with Crippen molar-refractivity contribution in [2.45, 2.75) is 26.5 Å². The van der Waals surface area contributed by atoms with Gasteiger partial charge in [-0.25, -0.2) is 0 Å². The molecule has 1 unspecified atom stereocenters. The fourth-order valence-corrected chi connectivity index (χ4v) is 2.42. The van der Waals surface area contributed by atoms with Crippen molar-refractivity contribution in [2.75, 3.05) is 20.8 Å². The van der Waals surface area contributed by atoms with Crippen molar-refractivity contribution in [3.63, 3.8) is 0 Å². The fraction of sp³-hybridized carbons (Fsp3) is 0.412. The molecule has 0 aliphatic heterocycles. The molecule has 0 bridgehead atoms. The molecule has 1 atom stereocenters. The van der Waals surface area contributed by atoms with Crippen molar-refractivity contribution in [3.8, 4) is 5.75 Å². The maximum atomic E-state index is 5.89. The number of ether oxygens (including phenoxy) is 2. The zero-order valence-electron chi connectivity index (χ0n) is 13.1. The average molecular weight is 289 g/mol. The van der Waals surface area contributed by atoms with E-state index in [0.717, 1.165) is 29.4 Å². The van der Waals surface area contributed by atoms with Crippen molar-refractivity contribution >= 4 is 0 Å². The molecule has 4 heteroatoms. The van der Waals surface area contributed by atoms with Crippen LogP contribution in [0.4, 0.5) is 0 Å². The quantitative estimate of drug-likeness (QED) is 0.848. The van der Waals surface area contributed by atoms with Crippen LogP contribution >= 0.6 is 0 Å². The van der Waals surface area contributed by atoms with E-state index in [0.29, 0.717) is 6.61 Å². The number of methoxy groups -OCH3 is 2. The van der Waals surface area contributed by atoms with Crippen LogP contribution in [0, 0.1) is 6.92 Å². The fourth-order valence-electron chi connectivity index (χ4n) is 2.42. The molecule has 0 saturated heterocycles. The monoisotopic (exact) mass is 289 g/mol. The molecular formula is C17H23NO3. The van der Waals surface area contributed by atoms with Crippen LogP contribution in [0.2, 0.25) is 0 Å². The predicted octanol–water partition coefficient (Wildman–Crippen LogP) is 3.44. The van der Waals surface area contributed by atoms with Gasteiger partial charge in [0.2, 0.25) is 0 Å². The molecule has 0 aliphatic carbocycles. The van der Waals surface area contributed by atoms with Crippen LogP contribution in [0.5, 0.6) is 5.75 Å². The lowest BCUT2D eigenvalue weighted by molar-refractivity contribution is 0.162. The van der Waals surface area contributed by atoms with E-state index in [2.05, 4.69) is 25.2 Å². The molecule has 2 aromatic rings. The summed E-state index contributed by atoms with van der Waals surface area (Å²) in [6, 6.07) is 10.1. The van der Waals surface area contributed by atoms with Crippen LogP contribution in [0.3, 0.4) is 0 Å². The number of hydrogen-bond donors (Lipinski definition) is 1. The lowest BCUT2D eigenvalue weighted by atomic mass is 10.0. The molecule has 21 heavy (non-hydrogen) atoms. The van der Waals surface area contributed by atoms with E-state index in [4.69, 9.17) is 13.9 Å². The maximum Gasteiger partial charge on any atom is 0.129 e. The molecule has 1 aromatic carbocycles. The van der Waals surface area contributed by atoms with Gasteiger partial charge in [0.1, 0.15) is 23.9 Å². The summed E-state index contributed by atoms with van der Waals surface area (Å²) in [6.07, 6.45) is 0. The Kier molecular flexibility index (Phi) is 5.42. The third kappa shape index (κ3) is 3.65. The van der Waals surface area contributed by atoms with Gasteiger partial charge in [0.25, 0.3) is 0 Å². The Hall–Kier alpha value is -1.78. The van der Waals surface area contributed by atoms with Crippen molar-refractivity contribution in [1.82, 2.24) is 5.32 Å². The SMILES string of the molecule is CCNC(c1ccc(COC)o1)c1cc(C)ccc1OC. The molecule has 4 nitrogen and oxygen atoms in total. The molecule has 0 aliphatic rings. The molecule has 0 radical (unpaired) electrons. The van der Waals surface area contributed by atoms with Gasteiger partial charge in [-0.3, -0.25) is 0 Å². The van der Waals surface area contributed by atoms with Crippen LogP contribution in [-0.4, -0.2) is 20.8 Å². The smallest absolute Gasteiger partial charge is 0.129 e. The summed E-state index contributed by atoms with van der Waals surface area (Å²) in [7, 11) is 3.35. The van der Waals surface area contributed by atoms with Crippen LogP contribution in [0.25, 0.3) is 0 Å². The third-order valence-corrected chi connectivity index (χ3v) is 3.36. The highest BCUT2D eigenvalue weighted by Crippen LogP contribution is 2.32. The second-order valence-electron chi connectivity index (χ2n) is 4.97. The third-order valence-electron chi connectivity index (χ3n) is 3.36. The Labute approximate surface area is 126 Å². The first-order valence-electron chi connectivity index (χ1n) is 7.15. The number of hydrogen-bond acceptors (Lipinski definition) is 4. The van der Waals surface area contributed by atoms with E-state index in [9.17, 15) is 0 Å². The van der Waals surface area contributed by atoms with Crippen LogP contribution < -0.4 is 10.1 Å². The zero-order valence-corrected chi connectivity index (χ0v) is 13.1. The van der Waals surface area contributed by atoms with Crippen LogP contribution in [-0.2, 0) is 11.3 Å². The van der Waals surface area contributed by atoms with Gasteiger partial charge in [0.05, 0.1) is 13.2 Å². The Morgan fingerprint density at radius 3 is 2.67 bits per heavy atom. The Morgan fingerprint density at radius 1 is 1.19 bits per heavy atom. The topological polar surface area (TPSA) is 43.6 Å². The molecule has 0 saturated carbocycles. The molecule has 1 heterocycles. The number of aryl methyl sites for hydroxylation is 1. The number of nitrogens with one attached hydrogen (secondary N) is 1. The van der Waals surface area contributed by atoms with Crippen LogP contribution in [0.15, 0.2) is 34.7 Å². The molecule has 0 amide bonds. The summed E-state index contributed by atoms with van der Waals surface area (Å²) in [5, 5.41) is 3.46. The second-order valence-corrected chi connectivity index (χ2v) is 4.97. The lowest BCUT2D eigenvalue weighted by Crippen LogP contribution is -2.22. The Bertz CT molecular complexity index is 577. The Balaban J connectivity index is 2.39. The van der Waals surface area contributed by atoms with E-state index in [-0.39, 0.29) is 6.04 Å². The molecule has 1 N–H and O–H groups in total. The molecular weight excluding hydrogens is 266 g/mol. The molecule has 0 spiro atoms. The maximum absolute atomic E-state index is 5.89. The highest BCUT2D eigenvalue weighted by Gasteiger charge is 2.21. The first-order valence-corrected chi connectivity index (χ1v) is 7.15. The van der Waals surface area contributed by atoms with Gasteiger partial charge in [-0.15, -0.1) is 0 Å². The van der Waals surface area contributed by atoms with Gasteiger partial charge in [0, 0.05) is 12.7 Å². The van der Waals surface area contributed by atoms with E-state index in [1.54, 1.807) is 14.2 Å². The van der Waals surface area contributed by atoms with Crippen molar-refractivity contribution < 1.29 is 13.9 Å². The van der Waals surface area contributed by atoms with Crippen molar-refractivity contribution in [1.29, 1.82) is 0 Å². The molecule has 2 rings (SSSR count). The summed E-state index contributed by atoms with van der Waals surface area (Å²) in [5.41, 5.74) is 2.27. The first kappa shape index (κ1) is 15.6. The minimum absolute atomic E-state index is 0.0320. The lowest BCUT2D eigenvalue weighted by Gasteiger charge is -2.19. The molecule has 1 aromatic heterocycles. The summed E-state index contributed by atoms with van der Waals surface area (Å²) < 4.78 is 16.5. The van der Waals surface area contributed by atoms with Crippen molar-refractivity contribution in [2.24, 2.45) is 0 Å². The van der Waals surface area contributed by atoms with Gasteiger partial charge in [-0.05, 0) is 31.7 Å². The standard InChI is InChI=1S/C17H23NO3/c1-5-18-17(16-9-7-13(21-16)11-19-3)14-10-12(2)6-8-15(14)20-4/h6-10,17-18H,5,11H2,1-4H3. The minimum Gasteiger partial charge on any atom is -0.496 e. The van der Waals surface area contributed by atoms with Gasteiger partial charge < -0.3 is 19.2 Å². The van der Waals surface area contributed by atoms with E-state index in [1.807, 2.05) is 24.3 Å². The van der Waals surface area contributed by atoms with Gasteiger partial charge in [-0.1, -0.05) is 24.6 Å². The number of rotatable bonds is 7. The normalized spacial score (nSPS) is 12.4. The van der Waals surface area contributed by atoms with E-state index < -0.39 is 0 Å². The zero-order chi connectivity index (χ0) is 15.2. The largest absolute Gasteiger partial charge is 0.496 e. The summed E-state index contributed by atoms with van der Waals surface area (Å²) in [6.45, 7) is 5.46. The summed E-state index contributed by atoms with van der Waals surface area (Å²) >= 11 is 0. The summed E-state index contributed by atoms with van der Waals surface area (Å²) in [4.78, 5) is 0. The first-order chi connectivity index (χ1) is 10.2. The highest BCUT2D eigenvalue weighted by atomic mass is 16.5. The minimum atomic E-state index is -0.0320. The van der Waals surface area contributed by atoms with E-state index in [1.165, 1.54) is 5.56 Å². The number of furan rings is 1. The number of benzene rings is 1. The van der Waals surface area contributed by atoms with Crippen molar-refractivity contribution in [3.05, 3.63) is 53.0 Å². The van der Waals surface area contributed by atoms with Gasteiger partial charge in [-0.2, -0.15) is 0 Å². The van der Waals surface area contributed by atoms with Gasteiger partial charge in [0.15, 0.2) is 0 Å². The van der Waals surface area contributed by atoms with E-state index >= 15 is 0 Å². The molecule has 114 valence electrons. The molecule has 0 fully saturated rings. The van der Waals surface area contributed by atoms with Gasteiger partial charge >= 0.3 is 0 Å². The highest BCUT2D eigenvalue weighted by molar-refractivity contribution is 5.42. The summed E-state index contributed by atoms with van der Waals surface area (Å²) in [5.74, 6) is 2.55. The second kappa shape index (κ2) is 7.29. The predicted molar refractivity (Wildman–Crippen MR) is 82.7 cm³/mol. The Morgan fingerprint density at radius 2 is 2.00 bits per heavy atom.